The van der Waals surface area contributed by atoms with Gasteiger partial charge in [-0.15, -0.1) is 10.2 Å². The fraction of sp³-hybridized carbons (Fsp3) is 0.375. The Morgan fingerprint density at radius 1 is 1.42 bits per heavy atom. The zero-order valence-electron chi connectivity index (χ0n) is 13.7. The number of aromatic nitrogens is 4. The molecule has 0 fully saturated rings. The lowest BCUT2D eigenvalue weighted by Crippen LogP contribution is -2.38. The number of nitrogens with one attached hydrogen (secondary N) is 1. The molecule has 0 unspecified atom stereocenters. The van der Waals surface area contributed by atoms with Gasteiger partial charge in [-0.05, 0) is 39.0 Å². The molecule has 24 heavy (non-hydrogen) atoms. The van der Waals surface area contributed by atoms with Crippen molar-refractivity contribution in [1.82, 2.24) is 25.5 Å². The number of benzene rings is 1. The topological polar surface area (TPSA) is 87.9 Å². The number of aromatic amines is 1. The third-order valence-corrected chi connectivity index (χ3v) is 3.94. The van der Waals surface area contributed by atoms with Crippen LogP contribution in [0.25, 0.3) is 11.0 Å². The van der Waals surface area contributed by atoms with Crippen molar-refractivity contribution < 1.29 is 13.6 Å². The molecule has 126 valence electrons. The van der Waals surface area contributed by atoms with E-state index in [0.717, 1.165) is 0 Å². The molecule has 0 aliphatic rings. The van der Waals surface area contributed by atoms with Crippen LogP contribution in [0.3, 0.4) is 0 Å². The van der Waals surface area contributed by atoms with Crippen molar-refractivity contribution in [3.63, 3.8) is 0 Å². The highest BCUT2D eigenvalue weighted by Gasteiger charge is 2.25. The first-order chi connectivity index (χ1) is 11.5. The van der Waals surface area contributed by atoms with Crippen LogP contribution in [0.2, 0.25) is 0 Å². The van der Waals surface area contributed by atoms with Gasteiger partial charge in [-0.25, -0.2) is 4.39 Å². The second kappa shape index (κ2) is 6.38. The fourth-order valence-corrected chi connectivity index (χ4v) is 2.63. The van der Waals surface area contributed by atoms with Crippen LogP contribution >= 0.6 is 0 Å². The van der Waals surface area contributed by atoms with Crippen molar-refractivity contribution in [3.05, 3.63) is 41.2 Å². The van der Waals surface area contributed by atoms with Gasteiger partial charge in [-0.3, -0.25) is 4.79 Å². The van der Waals surface area contributed by atoms with Crippen molar-refractivity contribution in [1.29, 1.82) is 0 Å². The van der Waals surface area contributed by atoms with Gasteiger partial charge in [-0.1, -0.05) is 5.21 Å². The average Bonchev–Trinajstić information content (AvgIpc) is 3.16. The summed E-state index contributed by atoms with van der Waals surface area (Å²) in [6.07, 6.45) is 0.480. The Kier molecular flexibility index (Phi) is 4.28. The maximum Gasteiger partial charge on any atom is 0.290 e. The van der Waals surface area contributed by atoms with E-state index in [-0.39, 0.29) is 23.5 Å². The van der Waals surface area contributed by atoms with Crippen LogP contribution in [0.15, 0.2) is 22.6 Å². The number of carbonyl (C=O) groups excluding carboxylic acids is 1. The molecule has 0 bridgehead atoms. The minimum atomic E-state index is -0.358. The maximum absolute atomic E-state index is 13.4. The average molecular weight is 331 g/mol. The standard InChI is InChI=1S/C16H18FN5O2/c1-9(2)22(7-6-14-18-20-21-19-14)16(23)15-10(3)12-8-11(17)4-5-13(12)24-15/h4-5,8-9H,6-7H2,1-3H3,(H,18,19,20,21). The van der Waals surface area contributed by atoms with Gasteiger partial charge >= 0.3 is 0 Å². The molecule has 0 saturated carbocycles. The van der Waals surface area contributed by atoms with Crippen LogP contribution in [-0.4, -0.2) is 44.0 Å². The zero-order valence-corrected chi connectivity index (χ0v) is 13.7. The minimum Gasteiger partial charge on any atom is -0.451 e. The molecule has 1 aromatic carbocycles. The number of nitrogens with zero attached hydrogens (tertiary/aromatic N) is 4. The van der Waals surface area contributed by atoms with E-state index in [1.165, 1.54) is 18.2 Å². The van der Waals surface area contributed by atoms with E-state index in [2.05, 4.69) is 20.6 Å². The summed E-state index contributed by atoms with van der Waals surface area (Å²) in [5.74, 6) is 0.181. The van der Waals surface area contributed by atoms with Gasteiger partial charge in [0.15, 0.2) is 11.6 Å². The molecule has 0 aliphatic carbocycles. The molecule has 1 N–H and O–H groups in total. The zero-order chi connectivity index (χ0) is 17.3. The summed E-state index contributed by atoms with van der Waals surface area (Å²) < 4.78 is 19.1. The van der Waals surface area contributed by atoms with E-state index in [9.17, 15) is 9.18 Å². The number of H-pyrrole nitrogens is 1. The Morgan fingerprint density at radius 3 is 2.88 bits per heavy atom. The Labute approximate surface area is 137 Å². The lowest BCUT2D eigenvalue weighted by molar-refractivity contribution is 0.0676. The lowest BCUT2D eigenvalue weighted by Gasteiger charge is -2.25. The highest BCUT2D eigenvalue weighted by molar-refractivity contribution is 5.99. The summed E-state index contributed by atoms with van der Waals surface area (Å²) in [6.45, 7) is 6.04. The number of hydrogen-bond acceptors (Lipinski definition) is 5. The van der Waals surface area contributed by atoms with Crippen LogP contribution in [0.5, 0.6) is 0 Å². The lowest BCUT2D eigenvalue weighted by atomic mass is 10.1. The number of fused-ring (bicyclic) bond motifs is 1. The van der Waals surface area contributed by atoms with E-state index >= 15 is 0 Å². The summed E-state index contributed by atoms with van der Waals surface area (Å²) >= 11 is 0. The van der Waals surface area contributed by atoms with Gasteiger partial charge in [0.2, 0.25) is 0 Å². The summed E-state index contributed by atoms with van der Waals surface area (Å²) in [7, 11) is 0. The third kappa shape index (κ3) is 2.99. The molecule has 3 aromatic rings. The van der Waals surface area contributed by atoms with Crippen molar-refractivity contribution in [2.45, 2.75) is 33.2 Å². The second-order valence-corrected chi connectivity index (χ2v) is 5.87. The summed E-state index contributed by atoms with van der Waals surface area (Å²) in [5, 5.41) is 14.3. The van der Waals surface area contributed by atoms with Gasteiger partial charge in [0.1, 0.15) is 11.4 Å². The minimum absolute atomic E-state index is 0.0336. The highest BCUT2D eigenvalue weighted by Crippen LogP contribution is 2.27. The van der Waals surface area contributed by atoms with Crippen LogP contribution in [0.4, 0.5) is 4.39 Å². The number of halogens is 1. The molecule has 8 heteroatoms. The molecule has 0 radical (unpaired) electrons. The molecular weight excluding hydrogens is 313 g/mol. The van der Waals surface area contributed by atoms with Crippen LogP contribution in [0.1, 0.15) is 35.8 Å². The largest absolute Gasteiger partial charge is 0.451 e. The molecule has 1 amide bonds. The van der Waals surface area contributed by atoms with E-state index in [0.29, 0.717) is 35.3 Å². The second-order valence-electron chi connectivity index (χ2n) is 5.87. The van der Waals surface area contributed by atoms with E-state index < -0.39 is 0 Å². The van der Waals surface area contributed by atoms with Crippen LogP contribution in [0, 0.1) is 12.7 Å². The van der Waals surface area contributed by atoms with Gasteiger partial charge in [0, 0.05) is 30.0 Å². The number of hydrogen-bond donors (Lipinski definition) is 1. The molecule has 0 spiro atoms. The van der Waals surface area contributed by atoms with E-state index in [4.69, 9.17) is 4.42 Å². The predicted octanol–water partition coefficient (Wildman–Crippen LogP) is 2.49. The Balaban J connectivity index is 1.88. The fourth-order valence-electron chi connectivity index (χ4n) is 2.63. The highest BCUT2D eigenvalue weighted by atomic mass is 19.1. The Morgan fingerprint density at radius 2 is 2.21 bits per heavy atom. The number of furan rings is 1. The van der Waals surface area contributed by atoms with Gasteiger partial charge in [-0.2, -0.15) is 5.21 Å². The monoisotopic (exact) mass is 331 g/mol. The third-order valence-electron chi connectivity index (χ3n) is 3.94. The SMILES string of the molecule is Cc1c(C(=O)N(CCc2nn[nH]n2)C(C)C)oc2ccc(F)cc12. The first kappa shape index (κ1) is 16.1. The Hall–Kier alpha value is -2.77. The molecular formula is C16H18FN5O2. The van der Waals surface area contributed by atoms with Gasteiger partial charge < -0.3 is 9.32 Å². The van der Waals surface area contributed by atoms with Gasteiger partial charge in [0.25, 0.3) is 5.91 Å². The molecule has 3 rings (SSSR count). The number of tetrazole rings is 1. The van der Waals surface area contributed by atoms with Crippen LogP contribution in [-0.2, 0) is 6.42 Å². The smallest absolute Gasteiger partial charge is 0.290 e. The number of amides is 1. The van der Waals surface area contributed by atoms with E-state index in [1.807, 2.05) is 13.8 Å². The number of rotatable bonds is 5. The summed E-state index contributed by atoms with van der Waals surface area (Å²) in [5.41, 5.74) is 1.14. The Bertz CT molecular complexity index is 857. The van der Waals surface area contributed by atoms with Crippen molar-refractivity contribution in [2.75, 3.05) is 6.54 Å². The summed E-state index contributed by atoms with van der Waals surface area (Å²) in [6, 6.07) is 4.20. The first-order valence-corrected chi connectivity index (χ1v) is 7.69. The molecule has 0 aliphatic heterocycles. The molecule has 0 saturated heterocycles. The van der Waals surface area contributed by atoms with Crippen LogP contribution < -0.4 is 0 Å². The number of aryl methyl sites for hydroxylation is 1. The molecule has 0 atom stereocenters. The normalized spacial score (nSPS) is 11.4. The maximum atomic E-state index is 13.4. The van der Waals surface area contributed by atoms with E-state index in [1.54, 1.807) is 11.8 Å². The first-order valence-electron chi connectivity index (χ1n) is 7.69. The van der Waals surface area contributed by atoms with Crippen molar-refractivity contribution >= 4 is 16.9 Å². The predicted molar refractivity (Wildman–Crippen MR) is 85.0 cm³/mol. The molecule has 2 aromatic heterocycles. The number of carbonyl (C=O) groups is 1. The molecule has 7 nitrogen and oxygen atoms in total. The van der Waals surface area contributed by atoms with Crippen molar-refractivity contribution in [3.8, 4) is 0 Å². The van der Waals surface area contributed by atoms with Crippen molar-refractivity contribution in [2.24, 2.45) is 0 Å². The summed E-state index contributed by atoms with van der Waals surface area (Å²) in [4.78, 5) is 14.6. The quantitative estimate of drug-likeness (QED) is 0.776. The molecule has 2 heterocycles. The van der Waals surface area contributed by atoms with Gasteiger partial charge in [0.05, 0.1) is 0 Å².